The molecule has 2 rings (SSSR count). The normalized spacial score (nSPS) is 10.4. The van der Waals surface area contributed by atoms with Gasteiger partial charge in [0, 0.05) is 18.6 Å². The molecular formula is C12H12BrFN4OS. The lowest BCUT2D eigenvalue weighted by atomic mass is 10.3. The van der Waals surface area contributed by atoms with Crippen LogP contribution in [0.4, 0.5) is 21.0 Å². The summed E-state index contributed by atoms with van der Waals surface area (Å²) in [4.78, 5) is 18.2. The van der Waals surface area contributed by atoms with Crippen molar-refractivity contribution >= 4 is 49.8 Å². The second-order valence-corrected chi connectivity index (χ2v) is 6.08. The highest BCUT2D eigenvalue weighted by Crippen LogP contribution is 2.28. The van der Waals surface area contributed by atoms with Crippen molar-refractivity contribution in [1.29, 1.82) is 0 Å². The van der Waals surface area contributed by atoms with Crippen LogP contribution in [0.1, 0.15) is 9.67 Å². The minimum absolute atomic E-state index is 0.0948. The highest BCUT2D eigenvalue weighted by atomic mass is 79.9. The second-order valence-electron chi connectivity index (χ2n) is 4.18. The number of carbonyl (C=O) groups excluding carboxylic acids is 1. The molecule has 0 bridgehead atoms. The second kappa shape index (κ2) is 5.76. The molecule has 0 aliphatic heterocycles. The number of nitrogen functional groups attached to an aromatic ring is 1. The van der Waals surface area contributed by atoms with Crippen LogP contribution < -0.4 is 16.0 Å². The summed E-state index contributed by atoms with van der Waals surface area (Å²) in [5.41, 5.74) is 5.80. The van der Waals surface area contributed by atoms with E-state index in [9.17, 15) is 9.18 Å². The molecule has 5 nitrogen and oxygen atoms in total. The first-order valence-electron chi connectivity index (χ1n) is 5.58. The van der Waals surface area contributed by atoms with Crippen LogP contribution in [0.25, 0.3) is 0 Å². The molecule has 0 aliphatic carbocycles. The highest BCUT2D eigenvalue weighted by Gasteiger charge is 2.18. The zero-order valence-electron chi connectivity index (χ0n) is 10.8. The first kappa shape index (κ1) is 14.7. The van der Waals surface area contributed by atoms with Crippen LogP contribution in [0.3, 0.4) is 0 Å². The molecule has 0 unspecified atom stereocenters. The lowest BCUT2D eigenvalue weighted by molar-refractivity contribution is 0.103. The van der Waals surface area contributed by atoms with Gasteiger partial charge in [-0.1, -0.05) is 27.3 Å². The Morgan fingerprint density at radius 3 is 2.75 bits per heavy atom. The van der Waals surface area contributed by atoms with Gasteiger partial charge in [0.15, 0.2) is 5.13 Å². The van der Waals surface area contributed by atoms with Crippen LogP contribution in [0.5, 0.6) is 0 Å². The van der Waals surface area contributed by atoms with Crippen LogP contribution >= 0.6 is 27.3 Å². The van der Waals surface area contributed by atoms with E-state index in [2.05, 4.69) is 26.2 Å². The maximum absolute atomic E-state index is 13.7. The molecule has 0 aliphatic rings. The summed E-state index contributed by atoms with van der Waals surface area (Å²) >= 11 is 4.30. The average Bonchev–Trinajstić information content (AvgIpc) is 2.75. The molecule has 1 aromatic carbocycles. The molecule has 0 saturated carbocycles. The molecule has 8 heteroatoms. The Hall–Kier alpha value is -1.67. The van der Waals surface area contributed by atoms with Crippen LogP contribution in [0, 0.1) is 5.82 Å². The van der Waals surface area contributed by atoms with Gasteiger partial charge in [-0.3, -0.25) is 4.79 Å². The van der Waals surface area contributed by atoms with E-state index in [0.29, 0.717) is 9.60 Å². The summed E-state index contributed by atoms with van der Waals surface area (Å²) in [7, 11) is 3.60. The summed E-state index contributed by atoms with van der Waals surface area (Å²) in [6.45, 7) is 0. The number of amides is 1. The van der Waals surface area contributed by atoms with Crippen molar-refractivity contribution in [2.24, 2.45) is 0 Å². The third-order valence-corrected chi connectivity index (χ3v) is 4.14. The van der Waals surface area contributed by atoms with Gasteiger partial charge in [-0.2, -0.15) is 0 Å². The van der Waals surface area contributed by atoms with Gasteiger partial charge < -0.3 is 16.0 Å². The summed E-state index contributed by atoms with van der Waals surface area (Å²) in [5, 5.41) is 3.10. The Morgan fingerprint density at radius 1 is 1.50 bits per heavy atom. The first-order valence-corrected chi connectivity index (χ1v) is 7.19. The number of hydrogen-bond donors (Lipinski definition) is 2. The van der Waals surface area contributed by atoms with E-state index in [-0.39, 0.29) is 16.4 Å². The number of anilines is 3. The van der Waals surface area contributed by atoms with E-state index in [1.54, 1.807) is 25.1 Å². The lowest BCUT2D eigenvalue weighted by Crippen LogP contribution is -2.13. The van der Waals surface area contributed by atoms with Crippen molar-refractivity contribution in [3.63, 3.8) is 0 Å². The fourth-order valence-electron chi connectivity index (χ4n) is 1.44. The Bertz CT molecular complexity index is 659. The van der Waals surface area contributed by atoms with Crippen LogP contribution in [0.2, 0.25) is 0 Å². The molecule has 1 aromatic heterocycles. The molecule has 0 radical (unpaired) electrons. The molecule has 3 N–H and O–H groups in total. The smallest absolute Gasteiger partial charge is 0.269 e. The van der Waals surface area contributed by atoms with E-state index < -0.39 is 11.7 Å². The number of hydrogen-bond acceptors (Lipinski definition) is 5. The SMILES string of the molecule is CN(C)c1nc(N)c(C(=O)Nc2ccc(Br)cc2F)s1. The van der Waals surface area contributed by atoms with Crippen LogP contribution in [-0.2, 0) is 0 Å². The van der Waals surface area contributed by atoms with Gasteiger partial charge in [-0.05, 0) is 18.2 Å². The standard InChI is InChI=1S/C12H12BrFN4OS/c1-18(2)12-17-10(15)9(20-12)11(19)16-8-4-3-6(13)5-7(8)14/h3-5H,15H2,1-2H3,(H,16,19). The zero-order valence-corrected chi connectivity index (χ0v) is 13.2. The minimum atomic E-state index is -0.524. The van der Waals surface area contributed by atoms with Gasteiger partial charge in [0.1, 0.15) is 16.5 Å². The summed E-state index contributed by atoms with van der Waals surface area (Å²) in [6, 6.07) is 4.39. The van der Waals surface area contributed by atoms with Gasteiger partial charge in [-0.25, -0.2) is 9.37 Å². The van der Waals surface area contributed by atoms with Crippen LogP contribution in [0.15, 0.2) is 22.7 Å². The molecule has 0 fully saturated rings. The number of aromatic nitrogens is 1. The lowest BCUT2D eigenvalue weighted by Gasteiger charge is -2.06. The van der Waals surface area contributed by atoms with Gasteiger partial charge in [-0.15, -0.1) is 0 Å². The van der Waals surface area contributed by atoms with E-state index in [1.807, 2.05) is 0 Å². The van der Waals surface area contributed by atoms with Crippen molar-refractivity contribution in [3.05, 3.63) is 33.4 Å². The number of rotatable bonds is 3. The third kappa shape index (κ3) is 3.07. The van der Waals surface area contributed by atoms with Gasteiger partial charge in [0.25, 0.3) is 5.91 Å². The molecule has 20 heavy (non-hydrogen) atoms. The number of nitrogens with two attached hydrogens (primary N) is 1. The van der Waals surface area contributed by atoms with Gasteiger partial charge >= 0.3 is 0 Å². The third-order valence-electron chi connectivity index (χ3n) is 2.41. The Labute approximate surface area is 127 Å². The molecule has 1 heterocycles. The molecule has 1 amide bonds. The number of carbonyl (C=O) groups is 1. The fourth-order valence-corrected chi connectivity index (χ4v) is 2.58. The molecule has 0 spiro atoms. The van der Waals surface area contributed by atoms with Crippen molar-refractivity contribution in [2.45, 2.75) is 0 Å². The summed E-state index contributed by atoms with van der Waals surface area (Å²) < 4.78 is 14.3. The average molecular weight is 359 g/mol. The molecule has 0 saturated heterocycles. The summed E-state index contributed by atoms with van der Waals surface area (Å²) in [6.07, 6.45) is 0. The van der Waals surface area contributed by atoms with Crippen LogP contribution in [-0.4, -0.2) is 25.0 Å². The maximum atomic E-state index is 13.7. The Balaban J connectivity index is 2.24. The largest absolute Gasteiger partial charge is 0.382 e. The van der Waals surface area contributed by atoms with Gasteiger partial charge in [0.05, 0.1) is 5.69 Å². The predicted molar refractivity (Wildman–Crippen MR) is 82.9 cm³/mol. The molecule has 106 valence electrons. The predicted octanol–water partition coefficient (Wildman–Crippen LogP) is 2.95. The van der Waals surface area contributed by atoms with Crippen molar-refractivity contribution in [3.8, 4) is 0 Å². The number of benzene rings is 1. The minimum Gasteiger partial charge on any atom is -0.382 e. The first-order chi connectivity index (χ1) is 9.38. The van der Waals surface area contributed by atoms with E-state index in [1.165, 1.54) is 12.1 Å². The summed E-state index contributed by atoms with van der Waals surface area (Å²) in [5.74, 6) is -0.869. The van der Waals surface area contributed by atoms with Crippen molar-refractivity contribution in [2.75, 3.05) is 30.0 Å². The fraction of sp³-hybridized carbons (Fsp3) is 0.167. The van der Waals surface area contributed by atoms with Gasteiger partial charge in [0.2, 0.25) is 0 Å². The Morgan fingerprint density at radius 2 is 2.20 bits per heavy atom. The van der Waals surface area contributed by atoms with Crippen molar-refractivity contribution in [1.82, 2.24) is 4.98 Å². The highest BCUT2D eigenvalue weighted by molar-refractivity contribution is 9.10. The van der Waals surface area contributed by atoms with E-state index in [0.717, 1.165) is 11.3 Å². The number of nitrogens with zero attached hydrogens (tertiary/aromatic N) is 2. The quantitative estimate of drug-likeness (QED) is 0.884. The maximum Gasteiger partial charge on any atom is 0.269 e. The number of halogens is 2. The Kier molecular flexibility index (Phi) is 4.24. The molecule has 2 aromatic rings. The van der Waals surface area contributed by atoms with E-state index in [4.69, 9.17) is 5.73 Å². The topological polar surface area (TPSA) is 71.2 Å². The molecule has 0 atom stereocenters. The number of nitrogens with one attached hydrogen (secondary N) is 1. The molecular weight excluding hydrogens is 347 g/mol. The van der Waals surface area contributed by atoms with E-state index >= 15 is 0 Å². The monoisotopic (exact) mass is 358 g/mol. The van der Waals surface area contributed by atoms with Crippen molar-refractivity contribution < 1.29 is 9.18 Å². The number of thiazole rings is 1. The zero-order chi connectivity index (χ0) is 14.9.